The summed E-state index contributed by atoms with van der Waals surface area (Å²) in [6.45, 7) is 0.746. The van der Waals surface area contributed by atoms with Crippen LogP contribution in [0.1, 0.15) is 32.1 Å². The van der Waals surface area contributed by atoms with E-state index in [1.165, 1.54) is 25.3 Å². The van der Waals surface area contributed by atoms with E-state index in [2.05, 4.69) is 0 Å². The minimum atomic E-state index is -0.575. The van der Waals surface area contributed by atoms with Gasteiger partial charge < -0.3 is 9.84 Å². The topological polar surface area (TPSA) is 113 Å². The van der Waals surface area contributed by atoms with Crippen molar-refractivity contribution in [2.75, 3.05) is 25.2 Å². The lowest BCUT2D eigenvalue weighted by molar-refractivity contribution is -0.384. The molecule has 146 valence electrons. The maximum atomic E-state index is 13.1. The standard InChI is InChI=1S/C18H23N3O6/c1-27-16-10-13(21(25)26)5-6-14(16)20-17(23)11-15(18(20)24)19-8-3-2-4-12(19)7-9-22/h5-6,10,12,15,22H,2-4,7-9,11H2,1H3/t12-,15-/m1/s1. The molecule has 2 amide bonds. The number of nitro benzene ring substituents is 1. The summed E-state index contributed by atoms with van der Waals surface area (Å²) >= 11 is 0. The van der Waals surface area contributed by atoms with Crippen LogP contribution in [0.3, 0.4) is 0 Å². The molecule has 0 aromatic heterocycles. The summed E-state index contributed by atoms with van der Waals surface area (Å²) in [6, 6.07) is 3.33. The van der Waals surface area contributed by atoms with E-state index < -0.39 is 11.0 Å². The Morgan fingerprint density at radius 1 is 1.33 bits per heavy atom. The number of hydrogen-bond acceptors (Lipinski definition) is 7. The number of carbonyl (C=O) groups is 2. The molecule has 9 heteroatoms. The third-order valence-electron chi connectivity index (χ3n) is 5.27. The summed E-state index contributed by atoms with van der Waals surface area (Å²) < 4.78 is 5.19. The van der Waals surface area contributed by atoms with Gasteiger partial charge in [-0.2, -0.15) is 0 Å². The largest absolute Gasteiger partial charge is 0.494 e. The first-order valence-electron chi connectivity index (χ1n) is 9.03. The van der Waals surface area contributed by atoms with Crippen molar-refractivity contribution in [1.29, 1.82) is 0 Å². The number of rotatable bonds is 6. The van der Waals surface area contributed by atoms with Crippen LogP contribution in [0.2, 0.25) is 0 Å². The van der Waals surface area contributed by atoms with Crippen molar-refractivity contribution in [1.82, 2.24) is 4.90 Å². The van der Waals surface area contributed by atoms with Crippen LogP contribution >= 0.6 is 0 Å². The normalized spacial score (nSPS) is 23.7. The highest BCUT2D eigenvalue weighted by Gasteiger charge is 2.45. The lowest BCUT2D eigenvalue weighted by atomic mass is 9.97. The molecule has 9 nitrogen and oxygen atoms in total. The number of benzene rings is 1. The second-order valence-electron chi connectivity index (χ2n) is 6.80. The minimum Gasteiger partial charge on any atom is -0.494 e. The van der Waals surface area contributed by atoms with Crippen molar-refractivity contribution in [3.63, 3.8) is 0 Å². The molecule has 0 saturated carbocycles. The second-order valence-corrected chi connectivity index (χ2v) is 6.80. The number of piperidine rings is 1. The molecule has 27 heavy (non-hydrogen) atoms. The van der Waals surface area contributed by atoms with Gasteiger partial charge in [-0.25, -0.2) is 4.90 Å². The predicted molar refractivity (Wildman–Crippen MR) is 96.6 cm³/mol. The van der Waals surface area contributed by atoms with Gasteiger partial charge >= 0.3 is 0 Å². The van der Waals surface area contributed by atoms with E-state index in [4.69, 9.17) is 4.74 Å². The zero-order valence-corrected chi connectivity index (χ0v) is 15.2. The van der Waals surface area contributed by atoms with Gasteiger partial charge in [-0.05, 0) is 31.9 Å². The number of nitrogens with zero attached hydrogens (tertiary/aromatic N) is 3. The molecule has 1 N–H and O–H groups in total. The molecule has 2 fully saturated rings. The van der Waals surface area contributed by atoms with Gasteiger partial charge in [-0.3, -0.25) is 24.6 Å². The Kier molecular flexibility index (Phi) is 5.71. The molecule has 0 bridgehead atoms. The number of aliphatic hydroxyl groups is 1. The maximum absolute atomic E-state index is 13.1. The van der Waals surface area contributed by atoms with E-state index in [9.17, 15) is 24.8 Å². The Balaban J connectivity index is 1.89. The fourth-order valence-corrected chi connectivity index (χ4v) is 3.98. The van der Waals surface area contributed by atoms with Crippen LogP contribution in [0.5, 0.6) is 5.75 Å². The molecule has 2 heterocycles. The molecule has 0 unspecified atom stereocenters. The van der Waals surface area contributed by atoms with Gasteiger partial charge in [0.2, 0.25) is 5.91 Å². The molecular formula is C18H23N3O6. The number of aliphatic hydroxyl groups excluding tert-OH is 1. The van der Waals surface area contributed by atoms with Gasteiger partial charge in [0.1, 0.15) is 5.75 Å². The highest BCUT2D eigenvalue weighted by atomic mass is 16.6. The monoisotopic (exact) mass is 377 g/mol. The zero-order valence-electron chi connectivity index (χ0n) is 15.2. The van der Waals surface area contributed by atoms with Gasteiger partial charge in [-0.15, -0.1) is 0 Å². The van der Waals surface area contributed by atoms with Crippen LogP contribution in [0.25, 0.3) is 0 Å². The Labute approximate surface area is 156 Å². The molecule has 3 rings (SSSR count). The van der Waals surface area contributed by atoms with Gasteiger partial charge in [0, 0.05) is 18.7 Å². The van der Waals surface area contributed by atoms with Crippen LogP contribution in [-0.2, 0) is 9.59 Å². The molecule has 2 saturated heterocycles. The number of ether oxygens (including phenoxy) is 1. The number of carbonyl (C=O) groups excluding carboxylic acids is 2. The average Bonchev–Trinajstić information content (AvgIpc) is 2.96. The van der Waals surface area contributed by atoms with Gasteiger partial charge in [0.15, 0.2) is 0 Å². The lowest BCUT2D eigenvalue weighted by Crippen LogP contribution is -2.50. The van der Waals surface area contributed by atoms with Crippen molar-refractivity contribution in [2.45, 2.75) is 44.2 Å². The quantitative estimate of drug-likeness (QED) is 0.454. The molecule has 2 aliphatic heterocycles. The predicted octanol–water partition coefficient (Wildman–Crippen LogP) is 1.47. The van der Waals surface area contributed by atoms with Gasteiger partial charge in [0.25, 0.3) is 11.6 Å². The van der Waals surface area contributed by atoms with Crippen molar-refractivity contribution in [3.05, 3.63) is 28.3 Å². The van der Waals surface area contributed by atoms with Crippen molar-refractivity contribution < 1.29 is 24.4 Å². The number of likely N-dealkylation sites (tertiary alicyclic amines) is 1. The van der Waals surface area contributed by atoms with Crippen LogP contribution in [-0.4, -0.2) is 59.1 Å². The number of nitro groups is 1. The van der Waals surface area contributed by atoms with E-state index in [-0.39, 0.29) is 48.0 Å². The highest BCUT2D eigenvalue weighted by molar-refractivity contribution is 6.23. The van der Waals surface area contributed by atoms with E-state index in [0.29, 0.717) is 13.0 Å². The molecule has 2 atom stereocenters. The molecule has 2 aliphatic rings. The first kappa shape index (κ1) is 19.2. The van der Waals surface area contributed by atoms with E-state index >= 15 is 0 Å². The summed E-state index contributed by atoms with van der Waals surface area (Å²) in [7, 11) is 1.34. The molecule has 0 spiro atoms. The fourth-order valence-electron chi connectivity index (χ4n) is 3.98. The third-order valence-corrected chi connectivity index (χ3v) is 5.27. The first-order valence-corrected chi connectivity index (χ1v) is 9.03. The Morgan fingerprint density at radius 2 is 2.11 bits per heavy atom. The Hall–Kier alpha value is -2.52. The summed E-state index contributed by atoms with van der Waals surface area (Å²) in [4.78, 5) is 39.2. The number of amides is 2. The lowest BCUT2D eigenvalue weighted by Gasteiger charge is -2.38. The van der Waals surface area contributed by atoms with Gasteiger partial charge in [-0.1, -0.05) is 6.42 Å². The summed E-state index contributed by atoms with van der Waals surface area (Å²) in [5.74, 6) is -0.598. The molecule has 1 aromatic rings. The summed E-state index contributed by atoms with van der Waals surface area (Å²) in [6.07, 6.45) is 3.50. The van der Waals surface area contributed by atoms with E-state index in [1.807, 2.05) is 4.90 Å². The van der Waals surface area contributed by atoms with Crippen molar-refractivity contribution in [3.8, 4) is 5.75 Å². The Morgan fingerprint density at radius 3 is 2.78 bits per heavy atom. The summed E-state index contributed by atoms with van der Waals surface area (Å²) in [5.41, 5.74) is 0.0432. The van der Waals surface area contributed by atoms with E-state index in [0.717, 1.165) is 24.2 Å². The first-order chi connectivity index (χ1) is 13.0. The number of hydrogen-bond donors (Lipinski definition) is 1. The van der Waals surface area contributed by atoms with Gasteiger partial charge in [0.05, 0.1) is 36.2 Å². The highest BCUT2D eigenvalue weighted by Crippen LogP contribution is 2.37. The van der Waals surface area contributed by atoms with Crippen LogP contribution in [0.4, 0.5) is 11.4 Å². The number of anilines is 1. The number of non-ortho nitro benzene ring substituents is 1. The number of methoxy groups -OCH3 is 1. The average molecular weight is 377 g/mol. The van der Waals surface area contributed by atoms with Crippen LogP contribution in [0, 0.1) is 10.1 Å². The summed E-state index contributed by atoms with van der Waals surface area (Å²) in [5, 5.41) is 20.3. The van der Waals surface area contributed by atoms with Crippen LogP contribution in [0.15, 0.2) is 18.2 Å². The SMILES string of the molecule is COc1cc([N+](=O)[O-])ccc1N1C(=O)C[C@@H](N2CCCC[C@@H]2CCO)C1=O. The zero-order chi connectivity index (χ0) is 19.6. The van der Waals surface area contributed by atoms with Crippen molar-refractivity contribution in [2.24, 2.45) is 0 Å². The minimum absolute atomic E-state index is 0.0376. The fraction of sp³-hybridized carbons (Fsp3) is 0.556. The number of imide groups is 1. The van der Waals surface area contributed by atoms with E-state index in [1.54, 1.807) is 0 Å². The smallest absolute Gasteiger partial charge is 0.273 e. The maximum Gasteiger partial charge on any atom is 0.273 e. The van der Waals surface area contributed by atoms with Crippen LogP contribution < -0.4 is 9.64 Å². The second kappa shape index (κ2) is 8.01. The molecule has 0 aliphatic carbocycles. The Bertz CT molecular complexity index is 751. The third kappa shape index (κ3) is 3.65. The molecular weight excluding hydrogens is 354 g/mol. The molecule has 1 aromatic carbocycles. The van der Waals surface area contributed by atoms with Crippen molar-refractivity contribution >= 4 is 23.2 Å². The molecule has 0 radical (unpaired) electrons.